The molecule has 15 heavy (non-hydrogen) atoms. The molecule has 0 saturated heterocycles. The summed E-state index contributed by atoms with van der Waals surface area (Å²) in [5, 5.41) is 11.1. The number of hydrogen-bond donors (Lipinski definition) is 0. The van der Waals surface area contributed by atoms with Gasteiger partial charge in [-0.1, -0.05) is 23.2 Å². The van der Waals surface area contributed by atoms with Gasteiger partial charge in [0.2, 0.25) is 0 Å². The van der Waals surface area contributed by atoms with Crippen molar-refractivity contribution in [3.05, 3.63) is 32.3 Å². The maximum atomic E-state index is 10.7. The van der Waals surface area contributed by atoms with Crippen molar-refractivity contribution >= 4 is 28.9 Å². The quantitative estimate of drug-likeness (QED) is 0.607. The summed E-state index contributed by atoms with van der Waals surface area (Å²) in [6, 6.07) is 2.53. The molecule has 1 aromatic rings. The van der Waals surface area contributed by atoms with E-state index in [2.05, 4.69) is 0 Å². The number of nitrogens with zero attached hydrogens (tertiary/aromatic N) is 1. The molecule has 0 aliphatic heterocycles. The van der Waals surface area contributed by atoms with Crippen LogP contribution in [0.4, 0.5) is 5.69 Å². The van der Waals surface area contributed by atoms with Crippen molar-refractivity contribution in [1.82, 2.24) is 0 Å². The van der Waals surface area contributed by atoms with Gasteiger partial charge in [-0.25, -0.2) is 0 Å². The van der Waals surface area contributed by atoms with E-state index >= 15 is 0 Å². The lowest BCUT2D eigenvalue weighted by atomic mass is 10.3. The summed E-state index contributed by atoms with van der Waals surface area (Å²) in [6.45, 7) is 3.54. The molecule has 0 amide bonds. The van der Waals surface area contributed by atoms with E-state index in [1.807, 2.05) is 0 Å². The number of hydrogen-bond acceptors (Lipinski definition) is 3. The van der Waals surface area contributed by atoms with Gasteiger partial charge in [-0.15, -0.1) is 0 Å². The highest BCUT2D eigenvalue weighted by molar-refractivity contribution is 6.42. The molecule has 4 nitrogen and oxygen atoms in total. The third-order valence-electron chi connectivity index (χ3n) is 1.56. The number of nitro benzene ring substituents is 1. The first-order chi connectivity index (χ1) is 6.91. The molecule has 1 rings (SSSR count). The molecule has 0 radical (unpaired) electrons. The number of halogens is 2. The van der Waals surface area contributed by atoms with Crippen molar-refractivity contribution < 1.29 is 9.66 Å². The standard InChI is InChI=1S/C9H9Cl2NO3/c1-5(2)15-9-4-7(11)6(10)3-8(9)12(13)14/h3-5H,1-2H3. The lowest BCUT2D eigenvalue weighted by molar-refractivity contribution is -0.386. The molecule has 82 valence electrons. The van der Waals surface area contributed by atoms with Gasteiger partial charge >= 0.3 is 5.69 Å². The highest BCUT2D eigenvalue weighted by atomic mass is 35.5. The van der Waals surface area contributed by atoms with Crippen LogP contribution in [0.5, 0.6) is 5.75 Å². The Morgan fingerprint density at radius 2 is 1.87 bits per heavy atom. The van der Waals surface area contributed by atoms with Crippen LogP contribution < -0.4 is 4.74 Å². The van der Waals surface area contributed by atoms with E-state index in [9.17, 15) is 10.1 Å². The Morgan fingerprint density at radius 3 is 2.33 bits per heavy atom. The fourth-order valence-corrected chi connectivity index (χ4v) is 1.32. The van der Waals surface area contributed by atoms with E-state index in [0.29, 0.717) is 0 Å². The molecule has 0 aliphatic carbocycles. The summed E-state index contributed by atoms with van der Waals surface area (Å²) in [4.78, 5) is 10.1. The Balaban J connectivity index is 3.22. The molecule has 0 unspecified atom stereocenters. The molecule has 0 heterocycles. The third kappa shape index (κ3) is 2.97. The summed E-state index contributed by atoms with van der Waals surface area (Å²) in [5.41, 5.74) is -0.182. The van der Waals surface area contributed by atoms with E-state index in [1.165, 1.54) is 12.1 Å². The lowest BCUT2D eigenvalue weighted by Gasteiger charge is -2.10. The Hall–Kier alpha value is -1.00. The molecule has 0 aromatic heterocycles. The minimum Gasteiger partial charge on any atom is -0.484 e. The number of nitro groups is 1. The maximum absolute atomic E-state index is 10.7. The van der Waals surface area contributed by atoms with Crippen LogP contribution in [-0.4, -0.2) is 11.0 Å². The zero-order chi connectivity index (χ0) is 11.6. The Bertz CT molecular complexity index is 393. The Kier molecular flexibility index (Phi) is 3.77. The molecule has 0 atom stereocenters. The predicted molar refractivity (Wildman–Crippen MR) is 58.9 cm³/mol. The summed E-state index contributed by atoms with van der Waals surface area (Å²) in [6.07, 6.45) is -0.166. The van der Waals surface area contributed by atoms with Crippen LogP contribution in [0.1, 0.15) is 13.8 Å². The van der Waals surface area contributed by atoms with Gasteiger partial charge < -0.3 is 4.74 Å². The third-order valence-corrected chi connectivity index (χ3v) is 2.28. The van der Waals surface area contributed by atoms with Crippen LogP contribution in [0, 0.1) is 10.1 Å². The molecular formula is C9H9Cl2NO3. The Labute approximate surface area is 96.9 Å². The molecule has 0 bridgehead atoms. The summed E-state index contributed by atoms with van der Waals surface area (Å²) >= 11 is 11.4. The summed E-state index contributed by atoms with van der Waals surface area (Å²) in [5.74, 6) is 0.129. The molecular weight excluding hydrogens is 241 g/mol. The van der Waals surface area contributed by atoms with Crippen molar-refractivity contribution in [2.75, 3.05) is 0 Å². The fraction of sp³-hybridized carbons (Fsp3) is 0.333. The highest BCUT2D eigenvalue weighted by Gasteiger charge is 2.19. The molecule has 0 saturated carbocycles. The van der Waals surface area contributed by atoms with E-state index < -0.39 is 4.92 Å². The van der Waals surface area contributed by atoms with Gasteiger partial charge in [0.15, 0.2) is 5.75 Å². The van der Waals surface area contributed by atoms with Gasteiger partial charge in [0.05, 0.1) is 21.1 Å². The number of benzene rings is 1. The molecule has 0 spiro atoms. The minimum atomic E-state index is -0.556. The highest BCUT2D eigenvalue weighted by Crippen LogP contribution is 2.36. The van der Waals surface area contributed by atoms with Crippen LogP contribution in [0.2, 0.25) is 10.0 Å². The van der Waals surface area contributed by atoms with Crippen LogP contribution in [-0.2, 0) is 0 Å². The topological polar surface area (TPSA) is 52.4 Å². The molecule has 1 aromatic carbocycles. The zero-order valence-electron chi connectivity index (χ0n) is 8.16. The lowest BCUT2D eigenvalue weighted by Crippen LogP contribution is -2.07. The second-order valence-corrected chi connectivity index (χ2v) is 3.97. The van der Waals surface area contributed by atoms with Crippen LogP contribution in [0.3, 0.4) is 0 Å². The first-order valence-electron chi connectivity index (χ1n) is 4.22. The average molecular weight is 250 g/mol. The number of rotatable bonds is 3. The zero-order valence-corrected chi connectivity index (χ0v) is 9.67. The normalized spacial score (nSPS) is 10.5. The van der Waals surface area contributed by atoms with Gasteiger partial charge in [0, 0.05) is 12.1 Å². The van der Waals surface area contributed by atoms with Crippen molar-refractivity contribution in [2.24, 2.45) is 0 Å². The fourth-order valence-electron chi connectivity index (χ4n) is 1.01. The predicted octanol–water partition coefficient (Wildman–Crippen LogP) is 3.69. The number of ether oxygens (including phenoxy) is 1. The second kappa shape index (κ2) is 4.68. The van der Waals surface area contributed by atoms with Gasteiger partial charge in [0.1, 0.15) is 0 Å². The van der Waals surface area contributed by atoms with Crippen LogP contribution >= 0.6 is 23.2 Å². The first-order valence-corrected chi connectivity index (χ1v) is 4.97. The van der Waals surface area contributed by atoms with Crippen molar-refractivity contribution in [3.63, 3.8) is 0 Å². The minimum absolute atomic E-state index is 0.129. The van der Waals surface area contributed by atoms with Gasteiger partial charge in [-0.05, 0) is 13.8 Å². The molecule has 0 aliphatic rings. The Morgan fingerprint density at radius 1 is 1.33 bits per heavy atom. The molecule has 0 N–H and O–H groups in total. The largest absolute Gasteiger partial charge is 0.484 e. The SMILES string of the molecule is CC(C)Oc1cc(Cl)c(Cl)cc1[N+](=O)[O-]. The monoisotopic (exact) mass is 249 g/mol. The van der Waals surface area contributed by atoms with Gasteiger partial charge in [-0.3, -0.25) is 10.1 Å². The van der Waals surface area contributed by atoms with E-state index in [-0.39, 0.29) is 27.6 Å². The van der Waals surface area contributed by atoms with Crippen LogP contribution in [0.15, 0.2) is 12.1 Å². The first kappa shape index (κ1) is 12.1. The van der Waals surface area contributed by atoms with Crippen molar-refractivity contribution in [2.45, 2.75) is 20.0 Å². The van der Waals surface area contributed by atoms with Crippen molar-refractivity contribution in [3.8, 4) is 5.75 Å². The second-order valence-electron chi connectivity index (χ2n) is 3.16. The van der Waals surface area contributed by atoms with Crippen LogP contribution in [0.25, 0.3) is 0 Å². The van der Waals surface area contributed by atoms with Crippen molar-refractivity contribution in [1.29, 1.82) is 0 Å². The van der Waals surface area contributed by atoms with E-state index in [4.69, 9.17) is 27.9 Å². The summed E-state index contributed by atoms with van der Waals surface area (Å²) < 4.78 is 5.26. The van der Waals surface area contributed by atoms with E-state index in [0.717, 1.165) is 0 Å². The van der Waals surface area contributed by atoms with E-state index in [1.54, 1.807) is 13.8 Å². The summed E-state index contributed by atoms with van der Waals surface area (Å²) in [7, 11) is 0. The molecule has 0 fully saturated rings. The smallest absolute Gasteiger partial charge is 0.312 e. The maximum Gasteiger partial charge on any atom is 0.312 e. The van der Waals surface area contributed by atoms with Gasteiger partial charge in [-0.2, -0.15) is 0 Å². The average Bonchev–Trinajstić information content (AvgIpc) is 2.09. The van der Waals surface area contributed by atoms with Gasteiger partial charge in [0.25, 0.3) is 0 Å². The molecule has 6 heteroatoms.